The van der Waals surface area contributed by atoms with Gasteiger partial charge in [-0.25, -0.2) is 4.39 Å². The SMILES string of the molecule is CN1CCN(C(=O)CNCc2ccc(F)cc2)CC1. The molecule has 0 atom stereocenters. The maximum absolute atomic E-state index is 12.7. The number of likely N-dealkylation sites (N-methyl/N-ethyl adjacent to an activating group) is 1. The van der Waals surface area contributed by atoms with Crippen molar-refractivity contribution in [3.8, 4) is 0 Å². The zero-order chi connectivity index (χ0) is 13.7. The lowest BCUT2D eigenvalue weighted by atomic mass is 10.2. The van der Waals surface area contributed by atoms with Crippen LogP contribution in [0.15, 0.2) is 24.3 Å². The van der Waals surface area contributed by atoms with Gasteiger partial charge < -0.3 is 15.1 Å². The highest BCUT2D eigenvalue weighted by Crippen LogP contribution is 2.02. The molecule has 1 N–H and O–H groups in total. The van der Waals surface area contributed by atoms with E-state index in [2.05, 4.69) is 17.3 Å². The Morgan fingerprint density at radius 2 is 1.84 bits per heavy atom. The van der Waals surface area contributed by atoms with Gasteiger partial charge in [-0.2, -0.15) is 0 Å². The molecule has 1 aliphatic heterocycles. The number of hydrogen-bond acceptors (Lipinski definition) is 3. The summed E-state index contributed by atoms with van der Waals surface area (Å²) in [5.41, 5.74) is 0.979. The second-order valence-electron chi connectivity index (χ2n) is 4.91. The first kappa shape index (κ1) is 14.0. The van der Waals surface area contributed by atoms with Crippen LogP contribution in [0.5, 0.6) is 0 Å². The molecule has 104 valence electrons. The van der Waals surface area contributed by atoms with Crippen LogP contribution in [0, 0.1) is 5.82 Å². The van der Waals surface area contributed by atoms with E-state index in [0.717, 1.165) is 31.7 Å². The standard InChI is InChI=1S/C14H20FN3O/c1-17-6-8-18(9-7-17)14(19)11-16-10-12-2-4-13(15)5-3-12/h2-5,16H,6-11H2,1H3. The highest BCUT2D eigenvalue weighted by atomic mass is 19.1. The summed E-state index contributed by atoms with van der Waals surface area (Å²) in [7, 11) is 2.06. The fourth-order valence-electron chi connectivity index (χ4n) is 2.08. The van der Waals surface area contributed by atoms with Crippen molar-refractivity contribution >= 4 is 5.91 Å². The zero-order valence-corrected chi connectivity index (χ0v) is 11.2. The smallest absolute Gasteiger partial charge is 0.236 e. The Balaban J connectivity index is 1.70. The highest BCUT2D eigenvalue weighted by molar-refractivity contribution is 5.78. The van der Waals surface area contributed by atoms with E-state index in [1.807, 2.05) is 4.90 Å². The van der Waals surface area contributed by atoms with Crippen LogP contribution in [-0.2, 0) is 11.3 Å². The Morgan fingerprint density at radius 3 is 2.47 bits per heavy atom. The molecule has 0 spiro atoms. The van der Waals surface area contributed by atoms with Crippen LogP contribution in [0.4, 0.5) is 4.39 Å². The van der Waals surface area contributed by atoms with Gasteiger partial charge in [-0.1, -0.05) is 12.1 Å². The van der Waals surface area contributed by atoms with E-state index < -0.39 is 0 Å². The van der Waals surface area contributed by atoms with Gasteiger partial charge in [0.1, 0.15) is 5.82 Å². The molecule has 1 amide bonds. The number of nitrogens with zero attached hydrogens (tertiary/aromatic N) is 2. The zero-order valence-electron chi connectivity index (χ0n) is 11.2. The number of carbonyl (C=O) groups is 1. The molecule has 1 aromatic rings. The fraction of sp³-hybridized carbons (Fsp3) is 0.500. The van der Waals surface area contributed by atoms with E-state index in [1.165, 1.54) is 12.1 Å². The molecule has 0 aromatic heterocycles. The summed E-state index contributed by atoms with van der Waals surface area (Å²) >= 11 is 0. The predicted octanol–water partition coefficient (Wildman–Crippen LogP) is 0.689. The van der Waals surface area contributed by atoms with Crippen LogP contribution in [0.2, 0.25) is 0 Å². The van der Waals surface area contributed by atoms with E-state index in [-0.39, 0.29) is 11.7 Å². The molecule has 0 saturated carbocycles. The Hall–Kier alpha value is -1.46. The van der Waals surface area contributed by atoms with Crippen molar-refractivity contribution in [3.05, 3.63) is 35.6 Å². The largest absolute Gasteiger partial charge is 0.339 e. The number of piperazine rings is 1. The third-order valence-electron chi connectivity index (χ3n) is 3.37. The van der Waals surface area contributed by atoms with Crippen molar-refractivity contribution in [3.63, 3.8) is 0 Å². The Bertz CT molecular complexity index is 413. The molecule has 1 saturated heterocycles. The molecular weight excluding hydrogens is 245 g/mol. The highest BCUT2D eigenvalue weighted by Gasteiger charge is 2.18. The summed E-state index contributed by atoms with van der Waals surface area (Å²) in [6, 6.07) is 6.31. The van der Waals surface area contributed by atoms with Gasteiger partial charge in [0.25, 0.3) is 0 Å². The molecule has 5 heteroatoms. The van der Waals surface area contributed by atoms with Gasteiger partial charge in [0.2, 0.25) is 5.91 Å². The quantitative estimate of drug-likeness (QED) is 0.870. The molecule has 1 aliphatic rings. The molecule has 0 aliphatic carbocycles. The first-order valence-electron chi connectivity index (χ1n) is 6.56. The van der Waals surface area contributed by atoms with Crippen LogP contribution in [0.3, 0.4) is 0 Å². The van der Waals surface area contributed by atoms with Crippen molar-refractivity contribution in [2.75, 3.05) is 39.8 Å². The van der Waals surface area contributed by atoms with Crippen molar-refractivity contribution < 1.29 is 9.18 Å². The monoisotopic (exact) mass is 265 g/mol. The molecular formula is C14H20FN3O. The number of nitrogens with one attached hydrogen (secondary N) is 1. The van der Waals surface area contributed by atoms with Crippen LogP contribution in [0.1, 0.15) is 5.56 Å². The van der Waals surface area contributed by atoms with E-state index in [1.54, 1.807) is 12.1 Å². The third-order valence-corrected chi connectivity index (χ3v) is 3.37. The van der Waals surface area contributed by atoms with Gasteiger partial charge in [0.15, 0.2) is 0 Å². The summed E-state index contributed by atoms with van der Waals surface area (Å²) in [6.45, 7) is 4.38. The molecule has 1 aromatic carbocycles. The molecule has 1 fully saturated rings. The van der Waals surface area contributed by atoms with Gasteiger partial charge in [-0.3, -0.25) is 4.79 Å². The van der Waals surface area contributed by atoms with Gasteiger partial charge >= 0.3 is 0 Å². The molecule has 0 radical (unpaired) electrons. The average molecular weight is 265 g/mol. The van der Waals surface area contributed by atoms with Crippen molar-refractivity contribution in [1.29, 1.82) is 0 Å². The summed E-state index contributed by atoms with van der Waals surface area (Å²) < 4.78 is 12.7. The van der Waals surface area contributed by atoms with E-state index in [0.29, 0.717) is 13.1 Å². The minimum absolute atomic E-state index is 0.134. The van der Waals surface area contributed by atoms with Crippen LogP contribution in [-0.4, -0.2) is 55.5 Å². The van der Waals surface area contributed by atoms with Crippen molar-refractivity contribution in [2.45, 2.75) is 6.54 Å². The number of amides is 1. The number of hydrogen-bond donors (Lipinski definition) is 1. The lowest BCUT2D eigenvalue weighted by Crippen LogP contribution is -2.49. The topological polar surface area (TPSA) is 35.6 Å². The minimum Gasteiger partial charge on any atom is -0.339 e. The Labute approximate surface area is 113 Å². The van der Waals surface area contributed by atoms with Gasteiger partial charge in [-0.05, 0) is 24.7 Å². The summed E-state index contributed by atoms with van der Waals surface area (Å²) in [5, 5.41) is 3.10. The van der Waals surface area contributed by atoms with E-state index in [9.17, 15) is 9.18 Å². The van der Waals surface area contributed by atoms with E-state index >= 15 is 0 Å². The first-order valence-corrected chi connectivity index (χ1v) is 6.56. The maximum Gasteiger partial charge on any atom is 0.236 e. The normalized spacial score (nSPS) is 16.6. The summed E-state index contributed by atoms with van der Waals surface area (Å²) in [6.07, 6.45) is 0. The molecule has 4 nitrogen and oxygen atoms in total. The molecule has 19 heavy (non-hydrogen) atoms. The minimum atomic E-state index is -0.239. The van der Waals surface area contributed by atoms with Gasteiger partial charge in [-0.15, -0.1) is 0 Å². The van der Waals surface area contributed by atoms with Gasteiger partial charge in [0.05, 0.1) is 6.54 Å². The van der Waals surface area contributed by atoms with Crippen molar-refractivity contribution in [1.82, 2.24) is 15.1 Å². The maximum atomic E-state index is 12.7. The summed E-state index contributed by atoms with van der Waals surface area (Å²) in [4.78, 5) is 16.0. The lowest BCUT2D eigenvalue weighted by molar-refractivity contribution is -0.131. The second kappa shape index (κ2) is 6.63. The Morgan fingerprint density at radius 1 is 1.21 bits per heavy atom. The second-order valence-corrected chi connectivity index (χ2v) is 4.91. The predicted molar refractivity (Wildman–Crippen MR) is 72.2 cm³/mol. The average Bonchev–Trinajstić information content (AvgIpc) is 2.41. The van der Waals surface area contributed by atoms with E-state index in [4.69, 9.17) is 0 Å². The molecule has 1 heterocycles. The van der Waals surface area contributed by atoms with Crippen LogP contribution in [0.25, 0.3) is 0 Å². The van der Waals surface area contributed by atoms with Crippen molar-refractivity contribution in [2.24, 2.45) is 0 Å². The molecule has 0 unspecified atom stereocenters. The Kier molecular flexibility index (Phi) is 4.87. The fourth-order valence-corrected chi connectivity index (χ4v) is 2.08. The van der Waals surface area contributed by atoms with Gasteiger partial charge in [0, 0.05) is 32.7 Å². The molecule has 0 bridgehead atoms. The summed E-state index contributed by atoms with van der Waals surface area (Å²) in [5.74, 6) is -0.104. The number of carbonyl (C=O) groups excluding carboxylic acids is 1. The van der Waals surface area contributed by atoms with Crippen LogP contribution < -0.4 is 5.32 Å². The number of rotatable bonds is 4. The molecule has 2 rings (SSSR count). The lowest BCUT2D eigenvalue weighted by Gasteiger charge is -2.32. The first-order chi connectivity index (χ1) is 9.15. The number of benzene rings is 1. The van der Waals surface area contributed by atoms with Crippen LogP contribution >= 0.6 is 0 Å². The third kappa shape index (κ3) is 4.29. The number of halogens is 1.